The molecule has 1 saturated carbocycles. The first-order valence-corrected chi connectivity index (χ1v) is 8.04. The second-order valence-electron chi connectivity index (χ2n) is 5.74. The quantitative estimate of drug-likeness (QED) is 0.876. The van der Waals surface area contributed by atoms with Crippen LogP contribution in [0.3, 0.4) is 0 Å². The fourth-order valence-electron chi connectivity index (χ4n) is 2.87. The molecule has 0 aromatic carbocycles. The third-order valence-corrected chi connectivity index (χ3v) is 4.14. The number of hydrogen-bond donors (Lipinski definition) is 0. The minimum Gasteiger partial charge on any atom is -0.481 e. The van der Waals surface area contributed by atoms with E-state index < -0.39 is 0 Å². The minimum absolute atomic E-state index is 0.129. The largest absolute Gasteiger partial charge is 0.481 e. The monoisotopic (exact) mass is 311 g/mol. The van der Waals surface area contributed by atoms with E-state index in [2.05, 4.69) is 4.98 Å². The number of rotatable bonds is 3. The standard InChI is InChI=1S/C18H21N3O2/c1-23-17-11-10-14(13-19-17)18(22)21-12-6-5-9-16(21)20-15-7-3-2-4-8-15/h5-6,9-13,15H,2-4,7-8H2,1H3. The summed E-state index contributed by atoms with van der Waals surface area (Å²) in [5, 5.41) is 0. The van der Waals surface area contributed by atoms with Crippen LogP contribution >= 0.6 is 0 Å². The molecular weight excluding hydrogens is 290 g/mol. The Balaban J connectivity index is 1.92. The topological polar surface area (TPSA) is 56.5 Å². The maximum atomic E-state index is 12.7. The lowest BCUT2D eigenvalue weighted by molar-refractivity contribution is 0.0954. The summed E-state index contributed by atoms with van der Waals surface area (Å²) >= 11 is 0. The Hall–Kier alpha value is -2.43. The number of aromatic nitrogens is 2. The molecule has 1 aliphatic carbocycles. The molecule has 1 fully saturated rings. The van der Waals surface area contributed by atoms with Crippen LogP contribution in [0.2, 0.25) is 0 Å². The Morgan fingerprint density at radius 3 is 2.74 bits per heavy atom. The molecule has 2 heterocycles. The van der Waals surface area contributed by atoms with Gasteiger partial charge in [-0.25, -0.2) is 4.98 Å². The molecule has 0 aliphatic heterocycles. The van der Waals surface area contributed by atoms with Crippen molar-refractivity contribution >= 4 is 5.91 Å². The summed E-state index contributed by atoms with van der Waals surface area (Å²) in [5.74, 6) is 0.363. The maximum Gasteiger partial charge on any atom is 0.265 e. The lowest BCUT2D eigenvalue weighted by Crippen LogP contribution is -2.29. The molecule has 1 aliphatic rings. The molecule has 2 aromatic rings. The molecule has 0 bridgehead atoms. The van der Waals surface area contributed by atoms with E-state index in [1.54, 1.807) is 30.0 Å². The van der Waals surface area contributed by atoms with Crippen LogP contribution in [-0.2, 0) is 0 Å². The fourth-order valence-corrected chi connectivity index (χ4v) is 2.87. The van der Waals surface area contributed by atoms with Crippen molar-refractivity contribution in [2.75, 3.05) is 7.11 Å². The summed E-state index contributed by atoms with van der Waals surface area (Å²) in [4.78, 5) is 21.6. The van der Waals surface area contributed by atoms with Gasteiger partial charge in [-0.05, 0) is 31.0 Å². The van der Waals surface area contributed by atoms with Crippen LogP contribution in [0.25, 0.3) is 0 Å². The van der Waals surface area contributed by atoms with Crippen LogP contribution in [0, 0.1) is 0 Å². The normalized spacial score (nSPS) is 16.3. The highest BCUT2D eigenvalue weighted by Crippen LogP contribution is 2.19. The summed E-state index contributed by atoms with van der Waals surface area (Å²) in [6.07, 6.45) is 9.23. The van der Waals surface area contributed by atoms with Gasteiger partial charge in [-0.15, -0.1) is 0 Å². The average molecular weight is 311 g/mol. The Kier molecular flexibility index (Phi) is 4.86. The number of nitrogens with zero attached hydrogens (tertiary/aromatic N) is 3. The van der Waals surface area contributed by atoms with Gasteiger partial charge in [-0.1, -0.05) is 25.3 Å². The van der Waals surface area contributed by atoms with Crippen LogP contribution in [0.15, 0.2) is 47.7 Å². The van der Waals surface area contributed by atoms with E-state index in [0.717, 1.165) is 12.8 Å². The zero-order valence-corrected chi connectivity index (χ0v) is 13.3. The van der Waals surface area contributed by atoms with Gasteiger partial charge >= 0.3 is 0 Å². The van der Waals surface area contributed by atoms with Gasteiger partial charge in [0.15, 0.2) is 0 Å². The number of methoxy groups -OCH3 is 1. The van der Waals surface area contributed by atoms with Crippen LogP contribution < -0.4 is 10.2 Å². The Bertz CT molecular complexity index is 728. The van der Waals surface area contributed by atoms with E-state index >= 15 is 0 Å². The molecule has 0 radical (unpaired) electrons. The van der Waals surface area contributed by atoms with Crippen molar-refractivity contribution in [2.24, 2.45) is 4.99 Å². The highest BCUT2D eigenvalue weighted by Gasteiger charge is 2.13. The molecule has 0 spiro atoms. The maximum absolute atomic E-state index is 12.7. The van der Waals surface area contributed by atoms with Gasteiger partial charge in [-0.3, -0.25) is 14.4 Å². The first kappa shape index (κ1) is 15.5. The molecule has 0 amide bonds. The predicted octanol–water partition coefficient (Wildman–Crippen LogP) is 2.81. The molecule has 23 heavy (non-hydrogen) atoms. The average Bonchev–Trinajstić information content (AvgIpc) is 2.62. The Morgan fingerprint density at radius 2 is 2.04 bits per heavy atom. The molecule has 0 N–H and O–H groups in total. The highest BCUT2D eigenvalue weighted by atomic mass is 16.5. The van der Waals surface area contributed by atoms with Crippen molar-refractivity contribution in [1.29, 1.82) is 0 Å². The summed E-state index contributed by atoms with van der Waals surface area (Å²) in [6, 6.07) is 9.38. The summed E-state index contributed by atoms with van der Waals surface area (Å²) in [5.41, 5.74) is 1.22. The second kappa shape index (κ2) is 7.22. The second-order valence-corrected chi connectivity index (χ2v) is 5.74. The smallest absolute Gasteiger partial charge is 0.265 e. The van der Waals surface area contributed by atoms with Crippen molar-refractivity contribution < 1.29 is 9.53 Å². The lowest BCUT2D eigenvalue weighted by atomic mass is 9.96. The van der Waals surface area contributed by atoms with Crippen molar-refractivity contribution in [3.05, 3.63) is 53.8 Å². The number of hydrogen-bond acceptors (Lipinski definition) is 4. The number of pyridine rings is 2. The van der Waals surface area contributed by atoms with Gasteiger partial charge in [0.1, 0.15) is 5.49 Å². The van der Waals surface area contributed by atoms with E-state index in [9.17, 15) is 4.79 Å². The van der Waals surface area contributed by atoms with E-state index in [1.807, 2.05) is 18.2 Å². The van der Waals surface area contributed by atoms with Crippen molar-refractivity contribution in [1.82, 2.24) is 9.55 Å². The number of ether oxygens (including phenoxy) is 1. The summed E-state index contributed by atoms with van der Waals surface area (Å²) in [7, 11) is 1.55. The third-order valence-electron chi connectivity index (χ3n) is 4.14. The van der Waals surface area contributed by atoms with Gasteiger partial charge in [0.05, 0.1) is 18.7 Å². The van der Waals surface area contributed by atoms with E-state index in [0.29, 0.717) is 23.0 Å². The SMILES string of the molecule is COc1ccc(C(=O)n2ccccc2=NC2CCCCC2)cn1. The molecule has 0 saturated heterocycles. The summed E-state index contributed by atoms with van der Waals surface area (Å²) < 4.78 is 6.63. The van der Waals surface area contributed by atoms with E-state index in [4.69, 9.17) is 9.73 Å². The van der Waals surface area contributed by atoms with Gasteiger partial charge in [0, 0.05) is 18.5 Å². The highest BCUT2D eigenvalue weighted by molar-refractivity contribution is 5.95. The molecule has 2 aromatic heterocycles. The molecule has 0 atom stereocenters. The van der Waals surface area contributed by atoms with Crippen molar-refractivity contribution in [3.63, 3.8) is 0 Å². The molecular formula is C18H21N3O2. The van der Waals surface area contributed by atoms with Crippen LogP contribution in [-0.4, -0.2) is 28.6 Å². The van der Waals surface area contributed by atoms with Gasteiger partial charge in [-0.2, -0.15) is 0 Å². The zero-order valence-electron chi connectivity index (χ0n) is 13.3. The Labute approximate surface area is 135 Å². The molecule has 120 valence electrons. The molecule has 3 rings (SSSR count). The third kappa shape index (κ3) is 3.67. The number of carbonyl (C=O) groups excluding carboxylic acids is 1. The fraction of sp³-hybridized carbons (Fsp3) is 0.389. The summed E-state index contributed by atoms with van der Waals surface area (Å²) in [6.45, 7) is 0. The van der Waals surface area contributed by atoms with Gasteiger partial charge in [0.25, 0.3) is 5.91 Å². The van der Waals surface area contributed by atoms with Crippen molar-refractivity contribution in [3.8, 4) is 5.88 Å². The minimum atomic E-state index is -0.129. The van der Waals surface area contributed by atoms with Crippen molar-refractivity contribution in [2.45, 2.75) is 38.1 Å². The Morgan fingerprint density at radius 1 is 1.22 bits per heavy atom. The van der Waals surface area contributed by atoms with Crippen LogP contribution in [0.1, 0.15) is 42.5 Å². The van der Waals surface area contributed by atoms with Gasteiger partial charge < -0.3 is 4.74 Å². The van der Waals surface area contributed by atoms with E-state index in [-0.39, 0.29) is 5.91 Å². The molecule has 5 heteroatoms. The van der Waals surface area contributed by atoms with Crippen LogP contribution in [0.5, 0.6) is 5.88 Å². The van der Waals surface area contributed by atoms with E-state index in [1.165, 1.54) is 25.5 Å². The number of carbonyl (C=O) groups is 1. The first-order chi connectivity index (χ1) is 11.3. The predicted molar refractivity (Wildman–Crippen MR) is 87.4 cm³/mol. The van der Waals surface area contributed by atoms with Gasteiger partial charge in [0.2, 0.25) is 5.88 Å². The molecule has 0 unspecified atom stereocenters. The van der Waals surface area contributed by atoms with Crippen LogP contribution in [0.4, 0.5) is 0 Å². The first-order valence-electron chi connectivity index (χ1n) is 8.04. The molecule has 5 nitrogen and oxygen atoms in total. The lowest BCUT2D eigenvalue weighted by Gasteiger charge is -2.17. The zero-order chi connectivity index (χ0) is 16.1.